The van der Waals surface area contributed by atoms with Crippen LogP contribution < -0.4 is 15.8 Å². The third-order valence-corrected chi connectivity index (χ3v) is 4.24. The van der Waals surface area contributed by atoms with E-state index in [9.17, 15) is 0 Å². The van der Waals surface area contributed by atoms with Crippen molar-refractivity contribution >= 4 is 33.8 Å². The van der Waals surface area contributed by atoms with E-state index in [1.165, 1.54) is 11.3 Å². The maximum Gasteiger partial charge on any atom is 0.187 e. The molecule has 23 heavy (non-hydrogen) atoms. The van der Waals surface area contributed by atoms with E-state index in [1.54, 1.807) is 0 Å². The molecule has 0 aliphatic rings. The first-order valence-corrected chi connectivity index (χ1v) is 8.37. The molecule has 3 aromatic rings. The van der Waals surface area contributed by atoms with Gasteiger partial charge in [0.25, 0.3) is 0 Å². The van der Waals surface area contributed by atoms with Gasteiger partial charge in [0.2, 0.25) is 0 Å². The molecule has 0 spiro atoms. The molecule has 1 aromatic heterocycles. The summed E-state index contributed by atoms with van der Waals surface area (Å²) in [4.78, 5) is 4.37. The van der Waals surface area contributed by atoms with Crippen molar-refractivity contribution in [1.29, 1.82) is 0 Å². The molecule has 0 atom stereocenters. The van der Waals surface area contributed by atoms with Crippen LogP contribution in [0, 0.1) is 0 Å². The Kier molecular flexibility index (Phi) is 5.12. The van der Waals surface area contributed by atoms with Gasteiger partial charge in [0, 0.05) is 22.6 Å². The highest BCUT2D eigenvalue weighted by atomic mass is 35.5. The topological polar surface area (TPSA) is 60.2 Å². The maximum absolute atomic E-state index is 5.86. The van der Waals surface area contributed by atoms with Crippen LogP contribution >= 0.6 is 22.9 Å². The standard InChI is InChI=1S/C17H16ClN3OS/c18-13-3-1-12(2-4-13)10-22-16-7-5-14(6-8-16)20-17-21-15(9-19)11-23-17/h1-8,11H,9-10,19H2,(H,20,21). The minimum atomic E-state index is 0.454. The molecule has 0 saturated heterocycles. The monoisotopic (exact) mass is 345 g/mol. The first-order valence-electron chi connectivity index (χ1n) is 7.12. The average Bonchev–Trinajstić information content (AvgIpc) is 3.03. The largest absolute Gasteiger partial charge is 0.489 e. The molecule has 2 aromatic carbocycles. The van der Waals surface area contributed by atoms with Gasteiger partial charge < -0.3 is 15.8 Å². The molecule has 0 fully saturated rings. The second-order valence-corrected chi connectivity index (χ2v) is 6.21. The molecule has 3 N–H and O–H groups in total. The Bertz CT molecular complexity index is 756. The number of hydrogen-bond acceptors (Lipinski definition) is 5. The van der Waals surface area contributed by atoms with Crippen LogP contribution in [0.1, 0.15) is 11.3 Å². The quantitative estimate of drug-likeness (QED) is 0.686. The van der Waals surface area contributed by atoms with Gasteiger partial charge >= 0.3 is 0 Å². The predicted molar refractivity (Wildman–Crippen MR) is 95.5 cm³/mol. The molecule has 0 saturated carbocycles. The Morgan fingerprint density at radius 3 is 2.48 bits per heavy atom. The first-order chi connectivity index (χ1) is 11.2. The van der Waals surface area contributed by atoms with Crippen molar-refractivity contribution in [2.24, 2.45) is 5.73 Å². The van der Waals surface area contributed by atoms with E-state index >= 15 is 0 Å². The SMILES string of the molecule is NCc1csc(Nc2ccc(OCc3ccc(Cl)cc3)cc2)n1. The number of benzene rings is 2. The number of thiazole rings is 1. The van der Waals surface area contributed by atoms with Crippen LogP contribution in [0.4, 0.5) is 10.8 Å². The molecule has 0 aliphatic heterocycles. The number of nitrogens with zero attached hydrogens (tertiary/aromatic N) is 1. The molecule has 0 radical (unpaired) electrons. The number of nitrogens with two attached hydrogens (primary N) is 1. The normalized spacial score (nSPS) is 10.5. The van der Waals surface area contributed by atoms with Crippen LogP contribution in [-0.4, -0.2) is 4.98 Å². The minimum absolute atomic E-state index is 0.454. The van der Waals surface area contributed by atoms with E-state index in [0.717, 1.165) is 32.8 Å². The third kappa shape index (κ3) is 4.45. The highest BCUT2D eigenvalue weighted by Crippen LogP contribution is 2.23. The summed E-state index contributed by atoms with van der Waals surface area (Å²) in [7, 11) is 0. The fourth-order valence-electron chi connectivity index (χ4n) is 1.96. The summed E-state index contributed by atoms with van der Waals surface area (Å²) in [5.74, 6) is 0.812. The minimum Gasteiger partial charge on any atom is -0.489 e. The van der Waals surface area contributed by atoms with Crippen molar-refractivity contribution in [2.45, 2.75) is 13.2 Å². The summed E-state index contributed by atoms with van der Waals surface area (Å²) >= 11 is 7.40. The Morgan fingerprint density at radius 1 is 1.09 bits per heavy atom. The van der Waals surface area contributed by atoms with Gasteiger partial charge in [-0.15, -0.1) is 11.3 Å². The molecule has 6 heteroatoms. The average molecular weight is 346 g/mol. The van der Waals surface area contributed by atoms with Gasteiger partial charge in [-0.2, -0.15) is 0 Å². The lowest BCUT2D eigenvalue weighted by Gasteiger charge is -2.08. The van der Waals surface area contributed by atoms with Gasteiger partial charge in [-0.3, -0.25) is 0 Å². The predicted octanol–water partition coefficient (Wildman–Crippen LogP) is 4.58. The van der Waals surface area contributed by atoms with E-state index in [4.69, 9.17) is 22.1 Å². The molecule has 118 valence electrons. The van der Waals surface area contributed by atoms with Gasteiger partial charge in [0.1, 0.15) is 12.4 Å². The zero-order valence-corrected chi connectivity index (χ0v) is 13.9. The van der Waals surface area contributed by atoms with E-state index in [0.29, 0.717) is 13.2 Å². The number of halogens is 1. The Balaban J connectivity index is 1.57. The van der Waals surface area contributed by atoms with Crippen LogP contribution in [-0.2, 0) is 13.2 Å². The van der Waals surface area contributed by atoms with Crippen molar-refractivity contribution < 1.29 is 4.74 Å². The summed E-state index contributed by atoms with van der Waals surface area (Å²) in [6.45, 7) is 0.964. The number of aromatic nitrogens is 1. The Morgan fingerprint density at radius 2 is 1.83 bits per heavy atom. The van der Waals surface area contributed by atoms with E-state index in [2.05, 4.69) is 10.3 Å². The summed E-state index contributed by atoms with van der Waals surface area (Å²) in [6.07, 6.45) is 0. The molecular weight excluding hydrogens is 330 g/mol. The Labute approximate surface area is 143 Å². The summed E-state index contributed by atoms with van der Waals surface area (Å²) in [5, 5.41) is 6.76. The van der Waals surface area contributed by atoms with E-state index in [1.807, 2.05) is 53.9 Å². The van der Waals surface area contributed by atoms with Gasteiger partial charge in [-0.05, 0) is 42.0 Å². The molecule has 0 unspecified atom stereocenters. The number of anilines is 2. The zero-order valence-electron chi connectivity index (χ0n) is 12.3. The lowest BCUT2D eigenvalue weighted by atomic mass is 10.2. The molecule has 4 nitrogen and oxygen atoms in total. The lowest BCUT2D eigenvalue weighted by molar-refractivity contribution is 0.306. The Hall–Kier alpha value is -2.08. The zero-order chi connectivity index (χ0) is 16.1. The maximum atomic E-state index is 5.86. The summed E-state index contributed by atoms with van der Waals surface area (Å²) in [5.41, 5.74) is 8.49. The molecule has 3 rings (SSSR count). The summed E-state index contributed by atoms with van der Waals surface area (Å²) < 4.78 is 5.76. The van der Waals surface area contributed by atoms with Crippen molar-refractivity contribution in [2.75, 3.05) is 5.32 Å². The highest BCUT2D eigenvalue weighted by Gasteiger charge is 2.02. The van der Waals surface area contributed by atoms with Crippen LogP contribution in [0.15, 0.2) is 53.9 Å². The molecule has 0 aliphatic carbocycles. The molecular formula is C17H16ClN3OS. The van der Waals surface area contributed by atoms with Gasteiger partial charge in [-0.1, -0.05) is 23.7 Å². The van der Waals surface area contributed by atoms with Crippen LogP contribution in [0.5, 0.6) is 5.75 Å². The molecule has 1 heterocycles. The van der Waals surface area contributed by atoms with Crippen LogP contribution in [0.2, 0.25) is 5.02 Å². The van der Waals surface area contributed by atoms with Gasteiger partial charge in [0.15, 0.2) is 5.13 Å². The van der Waals surface area contributed by atoms with Crippen molar-refractivity contribution in [3.05, 3.63) is 70.2 Å². The number of nitrogens with one attached hydrogen (secondary N) is 1. The van der Waals surface area contributed by atoms with Gasteiger partial charge in [0.05, 0.1) is 5.69 Å². The van der Waals surface area contributed by atoms with E-state index < -0.39 is 0 Å². The first kappa shape index (κ1) is 15.8. The fourth-order valence-corrected chi connectivity index (χ4v) is 2.83. The summed E-state index contributed by atoms with van der Waals surface area (Å²) in [6, 6.07) is 15.4. The van der Waals surface area contributed by atoms with Gasteiger partial charge in [-0.25, -0.2) is 4.98 Å². The second-order valence-electron chi connectivity index (χ2n) is 4.91. The lowest BCUT2D eigenvalue weighted by Crippen LogP contribution is -1.97. The number of hydrogen-bond donors (Lipinski definition) is 2. The third-order valence-electron chi connectivity index (χ3n) is 3.19. The van der Waals surface area contributed by atoms with Crippen molar-refractivity contribution in [3.63, 3.8) is 0 Å². The fraction of sp³-hybridized carbons (Fsp3) is 0.118. The highest BCUT2D eigenvalue weighted by molar-refractivity contribution is 7.13. The van der Waals surface area contributed by atoms with Crippen molar-refractivity contribution in [1.82, 2.24) is 4.98 Å². The smallest absolute Gasteiger partial charge is 0.187 e. The molecule has 0 bridgehead atoms. The molecule has 0 amide bonds. The number of rotatable bonds is 6. The van der Waals surface area contributed by atoms with Crippen LogP contribution in [0.25, 0.3) is 0 Å². The second kappa shape index (κ2) is 7.46. The van der Waals surface area contributed by atoms with Crippen LogP contribution in [0.3, 0.4) is 0 Å². The van der Waals surface area contributed by atoms with Crippen molar-refractivity contribution in [3.8, 4) is 5.75 Å². The number of ether oxygens (including phenoxy) is 1. The van der Waals surface area contributed by atoms with E-state index in [-0.39, 0.29) is 0 Å².